The fourth-order valence-corrected chi connectivity index (χ4v) is 2.91. The van der Waals surface area contributed by atoms with Gasteiger partial charge in [0, 0.05) is 12.6 Å². The van der Waals surface area contributed by atoms with Crippen LogP contribution in [0.1, 0.15) is 6.92 Å². The van der Waals surface area contributed by atoms with E-state index in [9.17, 15) is 9.59 Å². The van der Waals surface area contributed by atoms with Crippen molar-refractivity contribution in [2.24, 2.45) is 0 Å². The summed E-state index contributed by atoms with van der Waals surface area (Å²) in [5.74, 6) is 0.346. The van der Waals surface area contributed by atoms with Crippen molar-refractivity contribution >= 4 is 46.3 Å². The van der Waals surface area contributed by atoms with Crippen LogP contribution in [-0.2, 0) is 9.59 Å². The number of hydrogen-bond donors (Lipinski definition) is 2. The summed E-state index contributed by atoms with van der Waals surface area (Å²) >= 11 is 2.68. The minimum absolute atomic E-state index is 0.186. The van der Waals surface area contributed by atoms with Gasteiger partial charge in [-0.15, -0.1) is 10.2 Å². The molecule has 0 aliphatic carbocycles. The number of nitrogens with zero attached hydrogens (tertiary/aromatic N) is 2. The molecule has 1 aromatic carbocycles. The molecule has 0 bridgehead atoms. The summed E-state index contributed by atoms with van der Waals surface area (Å²) in [4.78, 5) is 23.1. The summed E-state index contributed by atoms with van der Waals surface area (Å²) < 4.78 is 5.93. The number of methoxy groups -OCH3 is 1. The third-order valence-electron chi connectivity index (χ3n) is 2.46. The second kappa shape index (κ2) is 7.76. The van der Waals surface area contributed by atoms with E-state index in [-0.39, 0.29) is 17.6 Å². The zero-order valence-electron chi connectivity index (χ0n) is 12.0. The lowest BCUT2D eigenvalue weighted by molar-refractivity contribution is -0.114. The van der Waals surface area contributed by atoms with Crippen LogP contribution in [0, 0.1) is 0 Å². The van der Waals surface area contributed by atoms with E-state index in [0.29, 0.717) is 17.1 Å². The van der Waals surface area contributed by atoms with Gasteiger partial charge >= 0.3 is 0 Å². The number of carbonyl (C=O) groups is 2. The minimum atomic E-state index is -0.196. The molecule has 2 rings (SSSR count). The Morgan fingerprint density at radius 1 is 1.36 bits per heavy atom. The number of anilines is 2. The molecule has 0 radical (unpaired) electrons. The van der Waals surface area contributed by atoms with E-state index in [1.165, 1.54) is 37.1 Å². The van der Waals surface area contributed by atoms with E-state index >= 15 is 0 Å². The van der Waals surface area contributed by atoms with Gasteiger partial charge < -0.3 is 15.4 Å². The molecule has 7 nitrogen and oxygen atoms in total. The molecule has 0 unspecified atom stereocenters. The smallest absolute Gasteiger partial charge is 0.234 e. The Morgan fingerprint density at radius 3 is 2.82 bits per heavy atom. The third kappa shape index (κ3) is 4.71. The minimum Gasteiger partial charge on any atom is -0.495 e. The van der Waals surface area contributed by atoms with Gasteiger partial charge in [-0.3, -0.25) is 9.59 Å². The van der Waals surface area contributed by atoms with E-state index in [0.717, 1.165) is 4.34 Å². The van der Waals surface area contributed by atoms with Gasteiger partial charge in [0.1, 0.15) is 11.3 Å². The number of nitrogens with one attached hydrogen (secondary N) is 2. The van der Waals surface area contributed by atoms with Crippen LogP contribution in [0.25, 0.3) is 0 Å². The Hall–Kier alpha value is -2.13. The van der Waals surface area contributed by atoms with E-state index < -0.39 is 0 Å². The Labute approximate surface area is 135 Å². The molecule has 0 saturated heterocycles. The molecule has 1 heterocycles. The van der Waals surface area contributed by atoms with E-state index in [4.69, 9.17) is 4.74 Å². The molecular weight excluding hydrogens is 324 g/mol. The van der Waals surface area contributed by atoms with Gasteiger partial charge in [0.15, 0.2) is 4.34 Å². The first-order chi connectivity index (χ1) is 10.6. The van der Waals surface area contributed by atoms with Gasteiger partial charge in [-0.05, 0) is 18.2 Å². The predicted molar refractivity (Wildman–Crippen MR) is 86.6 cm³/mol. The quantitative estimate of drug-likeness (QED) is 0.785. The van der Waals surface area contributed by atoms with Crippen molar-refractivity contribution in [1.29, 1.82) is 0 Å². The number of hydrogen-bond acceptors (Lipinski definition) is 7. The van der Waals surface area contributed by atoms with Crippen LogP contribution in [0.15, 0.2) is 28.0 Å². The van der Waals surface area contributed by atoms with Crippen LogP contribution in [0.4, 0.5) is 11.4 Å². The zero-order chi connectivity index (χ0) is 15.9. The van der Waals surface area contributed by atoms with Crippen LogP contribution >= 0.6 is 23.1 Å². The van der Waals surface area contributed by atoms with Crippen molar-refractivity contribution < 1.29 is 14.3 Å². The standard InChI is InChI=1S/C13H14N4O3S2/c1-8(18)15-9-3-4-11(20-2)10(5-9)16-12(19)6-21-13-17-14-7-22-13/h3-5,7H,6H2,1-2H3,(H,15,18)(H,16,19). The Morgan fingerprint density at radius 2 is 2.18 bits per heavy atom. The fourth-order valence-electron chi connectivity index (χ4n) is 1.63. The first-order valence-electron chi connectivity index (χ1n) is 6.23. The summed E-state index contributed by atoms with van der Waals surface area (Å²) in [6.07, 6.45) is 0. The highest BCUT2D eigenvalue weighted by molar-refractivity contribution is 8.01. The fraction of sp³-hybridized carbons (Fsp3) is 0.231. The van der Waals surface area contributed by atoms with Crippen molar-refractivity contribution in [2.75, 3.05) is 23.5 Å². The maximum absolute atomic E-state index is 12.0. The van der Waals surface area contributed by atoms with Crippen molar-refractivity contribution in [1.82, 2.24) is 10.2 Å². The summed E-state index contributed by atoms with van der Waals surface area (Å²) in [6, 6.07) is 5.03. The highest BCUT2D eigenvalue weighted by atomic mass is 32.2. The SMILES string of the molecule is COc1ccc(NC(C)=O)cc1NC(=O)CSc1nncs1. The van der Waals surface area contributed by atoms with Crippen LogP contribution < -0.4 is 15.4 Å². The summed E-state index contributed by atoms with van der Waals surface area (Å²) in [7, 11) is 1.51. The molecule has 2 aromatic rings. The van der Waals surface area contributed by atoms with Gasteiger partial charge in [0.25, 0.3) is 0 Å². The van der Waals surface area contributed by atoms with Gasteiger partial charge in [-0.2, -0.15) is 0 Å². The summed E-state index contributed by atoms with van der Waals surface area (Å²) in [5.41, 5.74) is 2.69. The number of carbonyl (C=O) groups excluding carboxylic acids is 2. The van der Waals surface area contributed by atoms with Crippen LogP contribution in [0.3, 0.4) is 0 Å². The average molecular weight is 338 g/mol. The lowest BCUT2D eigenvalue weighted by Gasteiger charge is -2.12. The first-order valence-corrected chi connectivity index (χ1v) is 8.09. The lowest BCUT2D eigenvalue weighted by atomic mass is 10.2. The number of aromatic nitrogens is 2. The van der Waals surface area contributed by atoms with Crippen LogP contribution in [-0.4, -0.2) is 34.9 Å². The molecule has 0 saturated carbocycles. The molecule has 0 atom stereocenters. The van der Waals surface area contributed by atoms with Crippen LogP contribution in [0.2, 0.25) is 0 Å². The van der Waals surface area contributed by atoms with Crippen LogP contribution in [0.5, 0.6) is 5.75 Å². The Bertz CT molecular complexity index is 661. The monoisotopic (exact) mass is 338 g/mol. The molecule has 0 aliphatic rings. The van der Waals surface area contributed by atoms with Gasteiger partial charge in [-0.25, -0.2) is 0 Å². The molecule has 0 spiro atoms. The highest BCUT2D eigenvalue weighted by Gasteiger charge is 2.10. The number of benzene rings is 1. The van der Waals surface area contributed by atoms with E-state index in [1.54, 1.807) is 23.7 Å². The molecular formula is C13H14N4O3S2. The largest absolute Gasteiger partial charge is 0.495 e. The molecule has 22 heavy (non-hydrogen) atoms. The molecule has 0 fully saturated rings. The van der Waals surface area contributed by atoms with Gasteiger partial charge in [-0.1, -0.05) is 23.1 Å². The number of ether oxygens (including phenoxy) is 1. The predicted octanol–water partition coefficient (Wildman–Crippen LogP) is 2.24. The summed E-state index contributed by atoms with van der Waals surface area (Å²) in [6.45, 7) is 1.42. The normalized spacial score (nSPS) is 10.1. The van der Waals surface area contributed by atoms with Crippen molar-refractivity contribution in [3.63, 3.8) is 0 Å². The van der Waals surface area contributed by atoms with Crippen molar-refractivity contribution in [3.8, 4) is 5.75 Å². The third-order valence-corrected chi connectivity index (χ3v) is 4.32. The van der Waals surface area contributed by atoms with E-state index in [1.807, 2.05) is 0 Å². The summed E-state index contributed by atoms with van der Waals surface area (Å²) in [5, 5.41) is 13.0. The average Bonchev–Trinajstić information content (AvgIpc) is 2.98. The Balaban J connectivity index is 2.02. The van der Waals surface area contributed by atoms with E-state index in [2.05, 4.69) is 20.8 Å². The highest BCUT2D eigenvalue weighted by Crippen LogP contribution is 2.28. The molecule has 0 aliphatic heterocycles. The van der Waals surface area contributed by atoms with Gasteiger partial charge in [0.05, 0.1) is 18.6 Å². The molecule has 116 valence electrons. The topological polar surface area (TPSA) is 93.2 Å². The maximum Gasteiger partial charge on any atom is 0.234 e. The second-order valence-corrected chi connectivity index (χ2v) is 6.19. The van der Waals surface area contributed by atoms with Gasteiger partial charge in [0.2, 0.25) is 11.8 Å². The Kier molecular flexibility index (Phi) is 5.73. The molecule has 2 N–H and O–H groups in total. The van der Waals surface area contributed by atoms with Crippen molar-refractivity contribution in [2.45, 2.75) is 11.3 Å². The molecule has 2 amide bonds. The number of thioether (sulfide) groups is 1. The number of rotatable bonds is 6. The number of amides is 2. The maximum atomic E-state index is 12.0. The molecule has 9 heteroatoms. The zero-order valence-corrected chi connectivity index (χ0v) is 13.6. The van der Waals surface area contributed by atoms with Crippen molar-refractivity contribution in [3.05, 3.63) is 23.7 Å². The first kappa shape index (κ1) is 16.2. The lowest BCUT2D eigenvalue weighted by Crippen LogP contribution is -2.15. The molecule has 1 aromatic heterocycles. The second-order valence-electron chi connectivity index (χ2n) is 4.14.